The second-order valence-corrected chi connectivity index (χ2v) is 13.9. The van der Waals surface area contributed by atoms with Gasteiger partial charge in [0.25, 0.3) is 0 Å². The number of hydrogen-bond acceptors (Lipinski definition) is 5. The van der Waals surface area contributed by atoms with Crippen LogP contribution in [0.2, 0.25) is 0 Å². The van der Waals surface area contributed by atoms with Gasteiger partial charge in [-0.05, 0) is 164 Å². The molecule has 5 heteroatoms. The molecule has 5 heterocycles. The first-order valence-electron chi connectivity index (χ1n) is 16.4. The van der Waals surface area contributed by atoms with Crippen LogP contribution >= 0.6 is 0 Å². The summed E-state index contributed by atoms with van der Waals surface area (Å²) in [6.07, 6.45) is 14.1. The molecule has 0 aromatic carbocycles. The number of hydrogen-bond donors (Lipinski definition) is 0. The van der Waals surface area contributed by atoms with Crippen molar-refractivity contribution in [1.82, 2.24) is 24.5 Å². The van der Waals surface area contributed by atoms with Gasteiger partial charge in [-0.1, -0.05) is 42.0 Å². The molecule has 0 amide bonds. The Morgan fingerprint density at radius 1 is 0.375 bits per heavy atom. The third-order valence-corrected chi connectivity index (χ3v) is 9.51. The van der Waals surface area contributed by atoms with Gasteiger partial charge in [-0.25, -0.2) is 0 Å². The van der Waals surface area contributed by atoms with Gasteiger partial charge in [-0.15, -0.1) is 0 Å². The van der Waals surface area contributed by atoms with Crippen LogP contribution < -0.4 is 0 Å². The van der Waals surface area contributed by atoms with Crippen LogP contribution in [0.15, 0.2) is 0 Å². The predicted molar refractivity (Wildman–Crippen MR) is 184 cm³/mol. The summed E-state index contributed by atoms with van der Waals surface area (Å²) >= 11 is 0. The van der Waals surface area contributed by atoms with Crippen molar-refractivity contribution in [1.29, 1.82) is 0 Å². The van der Waals surface area contributed by atoms with Crippen LogP contribution in [-0.2, 0) is 0 Å². The van der Waals surface area contributed by atoms with Gasteiger partial charge in [-0.3, -0.25) is 0 Å². The minimum Gasteiger partial charge on any atom is -0.306 e. The van der Waals surface area contributed by atoms with Crippen molar-refractivity contribution in [3.05, 3.63) is 0 Å². The van der Waals surface area contributed by atoms with Crippen molar-refractivity contribution in [3.63, 3.8) is 0 Å². The van der Waals surface area contributed by atoms with E-state index in [-0.39, 0.29) is 14.9 Å². The highest BCUT2D eigenvalue weighted by atomic mass is 15.1. The maximum atomic E-state index is 2.43. The molecule has 5 saturated heterocycles. The molecule has 0 saturated carbocycles. The average molecular weight is 570 g/mol. The van der Waals surface area contributed by atoms with Gasteiger partial charge in [0.2, 0.25) is 0 Å². The van der Waals surface area contributed by atoms with Crippen LogP contribution in [0.1, 0.15) is 114 Å². The summed E-state index contributed by atoms with van der Waals surface area (Å²) in [6, 6.07) is 1.68. The Morgan fingerprint density at radius 3 is 1.05 bits per heavy atom. The molecule has 40 heavy (non-hydrogen) atoms. The lowest BCUT2D eigenvalue weighted by Gasteiger charge is -2.29. The third kappa shape index (κ3) is 20.6. The largest absolute Gasteiger partial charge is 0.306 e. The number of piperidine rings is 3. The van der Waals surface area contributed by atoms with E-state index < -0.39 is 0 Å². The molecule has 0 aromatic rings. The monoisotopic (exact) mass is 570 g/mol. The van der Waals surface area contributed by atoms with Crippen molar-refractivity contribution in [2.24, 2.45) is 17.8 Å². The smallest absolute Gasteiger partial charge is 0.00643 e. The second kappa shape index (κ2) is 24.3. The van der Waals surface area contributed by atoms with Crippen LogP contribution in [0, 0.1) is 17.8 Å². The number of nitrogens with zero attached hydrogens (tertiary/aromatic N) is 5. The molecule has 5 nitrogen and oxygen atoms in total. The van der Waals surface area contributed by atoms with E-state index in [4.69, 9.17) is 0 Å². The minimum absolute atomic E-state index is 0. The van der Waals surface area contributed by atoms with E-state index in [2.05, 4.69) is 94.4 Å². The molecule has 0 aromatic heterocycles. The van der Waals surface area contributed by atoms with Gasteiger partial charge in [0.1, 0.15) is 0 Å². The van der Waals surface area contributed by atoms with Gasteiger partial charge in [0.05, 0.1) is 0 Å². The lowest BCUT2D eigenvalue weighted by atomic mass is 10.00. The Balaban J connectivity index is 0. The Hall–Kier alpha value is -0.200. The Bertz CT molecular complexity index is 506. The van der Waals surface area contributed by atoms with Crippen molar-refractivity contribution in [2.45, 2.75) is 126 Å². The van der Waals surface area contributed by atoms with Crippen LogP contribution in [-0.4, -0.2) is 124 Å². The topological polar surface area (TPSA) is 16.2 Å². The summed E-state index contributed by atoms with van der Waals surface area (Å²) < 4.78 is 0. The Kier molecular flexibility index (Phi) is 25.4. The molecule has 0 spiro atoms. The normalized spacial score (nSPS) is 30.4. The molecule has 4 unspecified atom stereocenters. The van der Waals surface area contributed by atoms with Gasteiger partial charge >= 0.3 is 0 Å². The van der Waals surface area contributed by atoms with Crippen molar-refractivity contribution in [2.75, 3.05) is 87.6 Å². The van der Waals surface area contributed by atoms with E-state index in [1.54, 1.807) is 0 Å². The fourth-order valence-electron chi connectivity index (χ4n) is 6.04. The summed E-state index contributed by atoms with van der Waals surface area (Å²) in [7, 11) is 11.0. The number of likely N-dealkylation sites (tertiary alicyclic amines) is 5. The summed E-state index contributed by atoms with van der Waals surface area (Å²) in [5.74, 6) is 2.87. The first kappa shape index (κ1) is 41.9. The van der Waals surface area contributed by atoms with E-state index in [1.807, 2.05) is 0 Å². The highest BCUT2D eigenvalue weighted by molar-refractivity contribution is 4.71. The molecular weight excluding hydrogens is 490 g/mol. The zero-order valence-electron chi connectivity index (χ0n) is 27.9. The van der Waals surface area contributed by atoms with Gasteiger partial charge in [-0.2, -0.15) is 0 Å². The molecule has 4 atom stereocenters. The molecule has 244 valence electrons. The van der Waals surface area contributed by atoms with Crippen LogP contribution in [0.3, 0.4) is 0 Å². The predicted octanol–water partition coefficient (Wildman–Crippen LogP) is 7.52. The van der Waals surface area contributed by atoms with Crippen molar-refractivity contribution < 1.29 is 0 Å². The summed E-state index contributed by atoms with van der Waals surface area (Å²) in [4.78, 5) is 12.0. The third-order valence-electron chi connectivity index (χ3n) is 9.51. The molecule has 5 aliphatic heterocycles. The van der Waals surface area contributed by atoms with Gasteiger partial charge in [0, 0.05) is 25.2 Å². The standard InChI is InChI=1S/3C7H15N.2C6H13N.2CH4/c1-7-3-5-8(2)6-4-7;1-7-4-3-5-8(2)6-7;1-7-5-3-4-6-8(7)2;1-6-3-4-7(2)5-6;1-6-4-3-5-7(6)2;;/h3*7H,3-6H2,1-2H3;2*6H,3-5H2,1-2H3;2*1H4. The SMILES string of the molecule is C.C.CC1CCCCN1C.CC1CCCN(C)C1.CC1CCCN1C.CC1CCN(C)C1.CC1CCN(C)CC1. The first-order chi connectivity index (χ1) is 18.0. The summed E-state index contributed by atoms with van der Waals surface area (Å²) in [5, 5.41) is 0. The molecule has 0 bridgehead atoms. The van der Waals surface area contributed by atoms with E-state index in [0.29, 0.717) is 0 Å². The molecule has 0 aliphatic carbocycles. The number of rotatable bonds is 0. The lowest BCUT2D eigenvalue weighted by Crippen LogP contribution is -2.33. The minimum atomic E-state index is 0. The summed E-state index contributed by atoms with van der Waals surface area (Å²) in [6.45, 7) is 22.0. The highest BCUT2D eigenvalue weighted by Crippen LogP contribution is 2.15. The average Bonchev–Trinajstić information content (AvgIpc) is 3.44. The molecular formula is C35H79N5. The fraction of sp³-hybridized carbons (Fsp3) is 1.00. The quantitative estimate of drug-likeness (QED) is 0.299. The lowest BCUT2D eigenvalue weighted by molar-refractivity contribution is 0.200. The first-order valence-corrected chi connectivity index (χ1v) is 16.4. The van der Waals surface area contributed by atoms with E-state index in [9.17, 15) is 0 Å². The molecule has 5 fully saturated rings. The van der Waals surface area contributed by atoms with E-state index >= 15 is 0 Å². The fourth-order valence-corrected chi connectivity index (χ4v) is 6.04. The zero-order valence-corrected chi connectivity index (χ0v) is 27.9. The van der Waals surface area contributed by atoms with Crippen LogP contribution in [0.25, 0.3) is 0 Å². The molecule has 0 radical (unpaired) electrons. The molecule has 5 rings (SSSR count). The van der Waals surface area contributed by atoms with Gasteiger partial charge in [0.15, 0.2) is 0 Å². The summed E-state index contributed by atoms with van der Waals surface area (Å²) in [5.41, 5.74) is 0. The highest BCUT2D eigenvalue weighted by Gasteiger charge is 2.15. The zero-order chi connectivity index (χ0) is 28.5. The Labute approximate surface area is 255 Å². The Morgan fingerprint density at radius 2 is 0.775 bits per heavy atom. The second-order valence-electron chi connectivity index (χ2n) is 13.9. The maximum Gasteiger partial charge on any atom is 0.00643 e. The van der Waals surface area contributed by atoms with E-state index in [1.165, 1.54) is 117 Å². The molecule has 5 aliphatic rings. The van der Waals surface area contributed by atoms with Gasteiger partial charge < -0.3 is 24.5 Å². The van der Waals surface area contributed by atoms with E-state index in [0.717, 1.165) is 29.8 Å². The van der Waals surface area contributed by atoms with Crippen LogP contribution in [0.4, 0.5) is 0 Å². The maximum absolute atomic E-state index is 2.43. The van der Waals surface area contributed by atoms with Crippen molar-refractivity contribution >= 4 is 0 Å². The van der Waals surface area contributed by atoms with Crippen molar-refractivity contribution in [3.8, 4) is 0 Å². The molecule has 0 N–H and O–H groups in total. The van der Waals surface area contributed by atoms with Crippen LogP contribution in [0.5, 0.6) is 0 Å².